The van der Waals surface area contributed by atoms with Crippen molar-refractivity contribution in [1.29, 1.82) is 5.26 Å². The van der Waals surface area contributed by atoms with Crippen molar-refractivity contribution >= 4 is 15.7 Å². The van der Waals surface area contributed by atoms with Crippen LogP contribution in [-0.2, 0) is 14.6 Å². The molecule has 0 saturated heterocycles. The number of nitrogens with one attached hydrogen (secondary N) is 2. The van der Waals surface area contributed by atoms with E-state index in [9.17, 15) is 39.6 Å². The Kier molecular flexibility index (Phi) is 6.50. The smallest absolute Gasteiger partial charge is 0.336 e. The third kappa shape index (κ3) is 5.92. The van der Waals surface area contributed by atoms with Crippen molar-refractivity contribution in [2.75, 3.05) is 11.5 Å². The van der Waals surface area contributed by atoms with Crippen molar-refractivity contribution in [1.82, 2.24) is 10.6 Å². The highest BCUT2D eigenvalue weighted by Gasteiger charge is 2.49. The minimum atomic E-state index is -5.37. The number of carbonyl (C=O) groups is 1. The lowest BCUT2D eigenvalue weighted by Crippen LogP contribution is -2.54. The highest BCUT2D eigenvalue weighted by Crippen LogP contribution is 2.37. The molecule has 2 N–H and O–H groups in total. The molecule has 2 atom stereocenters. The highest BCUT2D eigenvalue weighted by atomic mass is 32.2. The number of nitrogens with zero attached hydrogens (tertiary/aromatic N) is 1. The maximum absolute atomic E-state index is 14.1. The summed E-state index contributed by atoms with van der Waals surface area (Å²) in [5, 5.41) is 13.0. The van der Waals surface area contributed by atoms with Crippen LogP contribution in [0, 0.1) is 34.7 Å². The third-order valence-electron chi connectivity index (χ3n) is 5.28. The molecule has 3 rings (SSSR count). The third-order valence-corrected chi connectivity index (χ3v) is 7.10. The number of hydrogen-bond donors (Lipinski definition) is 2. The second-order valence-corrected chi connectivity index (χ2v) is 10.3. The molecular weight excluding hydrogens is 464 g/mol. The van der Waals surface area contributed by atoms with Crippen LogP contribution in [-0.4, -0.2) is 43.6 Å². The van der Waals surface area contributed by atoms with Gasteiger partial charge in [0.05, 0.1) is 17.6 Å². The number of rotatable bonds is 9. The van der Waals surface area contributed by atoms with Gasteiger partial charge in [0, 0.05) is 17.7 Å². The minimum absolute atomic E-state index is 0.0482. The fourth-order valence-electron chi connectivity index (χ4n) is 3.25. The number of alkyl halides is 3. The van der Waals surface area contributed by atoms with Crippen LogP contribution in [0.2, 0.25) is 0 Å². The average molecular weight is 483 g/mol. The Morgan fingerprint density at radius 1 is 1.19 bits per heavy atom. The van der Waals surface area contributed by atoms with Crippen LogP contribution in [0.15, 0.2) is 12.1 Å². The van der Waals surface area contributed by atoms with Gasteiger partial charge in [-0.1, -0.05) is 0 Å². The molecule has 2 saturated carbocycles. The van der Waals surface area contributed by atoms with Gasteiger partial charge in [-0.15, -0.1) is 0 Å². The molecular formula is C19H19F6N3O3S. The predicted molar refractivity (Wildman–Crippen MR) is 99.1 cm³/mol. The Morgan fingerprint density at radius 3 is 2.19 bits per heavy atom. The van der Waals surface area contributed by atoms with Crippen molar-refractivity contribution in [3.8, 4) is 6.07 Å². The SMILES string of the molecule is N#CC1(NC(=O)[C@H](CS(=O)(=O)CC2CC2)N[C@H](c2c(F)cc(F)cc2F)C(F)(F)F)CC1. The standard InChI is InChI=1S/C19H19F6N3O3S/c20-11-5-12(21)15(13(22)6-11)16(19(23,24)25)27-14(8-32(30,31)7-10-1-2-10)17(29)28-18(9-26)3-4-18/h5-6,10,14,16,27H,1-4,7-8H2,(H,28,29)/t14-,16+/m0/s1. The van der Waals surface area contributed by atoms with Gasteiger partial charge in [0.15, 0.2) is 9.84 Å². The Hall–Kier alpha value is -2.33. The van der Waals surface area contributed by atoms with Gasteiger partial charge in [-0.2, -0.15) is 18.4 Å². The molecule has 1 aromatic carbocycles. The summed E-state index contributed by atoms with van der Waals surface area (Å²) in [6, 6.07) is -3.33. The first-order chi connectivity index (χ1) is 14.8. The van der Waals surface area contributed by atoms with Crippen molar-refractivity contribution in [2.45, 2.75) is 49.5 Å². The number of sulfone groups is 1. The Bertz CT molecular complexity index is 1020. The zero-order chi connectivity index (χ0) is 23.9. The number of benzene rings is 1. The van der Waals surface area contributed by atoms with Crippen LogP contribution in [0.5, 0.6) is 0 Å². The molecule has 1 aromatic rings. The summed E-state index contributed by atoms with van der Waals surface area (Å²) in [7, 11) is -4.03. The van der Waals surface area contributed by atoms with Crippen LogP contribution < -0.4 is 10.6 Å². The summed E-state index contributed by atoms with van der Waals surface area (Å²) in [6.07, 6.45) is -3.68. The summed E-state index contributed by atoms with van der Waals surface area (Å²) >= 11 is 0. The van der Waals surface area contributed by atoms with Crippen LogP contribution in [0.25, 0.3) is 0 Å². The molecule has 0 aliphatic heterocycles. The first-order valence-electron chi connectivity index (χ1n) is 9.66. The number of carbonyl (C=O) groups excluding carboxylic acids is 1. The number of nitriles is 1. The molecule has 1 amide bonds. The maximum Gasteiger partial charge on any atom is 0.408 e. The molecule has 0 unspecified atom stereocenters. The fourth-order valence-corrected chi connectivity index (χ4v) is 5.19. The Labute approximate surface area is 179 Å². The first-order valence-corrected chi connectivity index (χ1v) is 11.5. The zero-order valence-corrected chi connectivity index (χ0v) is 17.3. The summed E-state index contributed by atoms with van der Waals surface area (Å²) in [5.74, 6) is -7.97. The van der Waals surface area contributed by atoms with E-state index in [1.54, 1.807) is 11.4 Å². The van der Waals surface area contributed by atoms with Crippen LogP contribution in [0.1, 0.15) is 37.3 Å². The van der Waals surface area contributed by atoms with E-state index < -0.39 is 68.3 Å². The van der Waals surface area contributed by atoms with E-state index >= 15 is 0 Å². The lowest BCUT2D eigenvalue weighted by Gasteiger charge is -2.28. The van der Waals surface area contributed by atoms with E-state index in [-0.39, 0.29) is 36.6 Å². The highest BCUT2D eigenvalue weighted by molar-refractivity contribution is 7.91. The quantitative estimate of drug-likeness (QED) is 0.527. The van der Waals surface area contributed by atoms with Crippen LogP contribution in [0.3, 0.4) is 0 Å². The molecule has 2 aliphatic carbocycles. The molecule has 0 bridgehead atoms. The monoisotopic (exact) mass is 483 g/mol. The molecule has 0 spiro atoms. The molecule has 6 nitrogen and oxygen atoms in total. The second-order valence-electron chi connectivity index (χ2n) is 8.18. The van der Waals surface area contributed by atoms with Crippen LogP contribution in [0.4, 0.5) is 26.3 Å². The van der Waals surface area contributed by atoms with Gasteiger partial charge >= 0.3 is 6.18 Å². The average Bonchev–Trinajstić information content (AvgIpc) is 3.56. The van der Waals surface area contributed by atoms with E-state index in [1.807, 2.05) is 0 Å². The normalized spacial score (nSPS) is 19.7. The molecule has 2 fully saturated rings. The van der Waals surface area contributed by atoms with Gasteiger partial charge in [-0.25, -0.2) is 21.6 Å². The van der Waals surface area contributed by atoms with Crippen molar-refractivity contribution in [3.05, 3.63) is 35.1 Å². The summed E-state index contributed by atoms with van der Waals surface area (Å²) in [5.41, 5.74) is -2.92. The summed E-state index contributed by atoms with van der Waals surface area (Å²) in [6.45, 7) is 0. The molecule has 0 aromatic heterocycles. The zero-order valence-electron chi connectivity index (χ0n) is 16.5. The molecule has 32 heavy (non-hydrogen) atoms. The van der Waals surface area contributed by atoms with Gasteiger partial charge < -0.3 is 5.32 Å². The summed E-state index contributed by atoms with van der Waals surface area (Å²) in [4.78, 5) is 12.7. The maximum atomic E-state index is 14.1. The topological polar surface area (TPSA) is 99.1 Å². The largest absolute Gasteiger partial charge is 0.408 e. The number of hydrogen-bond acceptors (Lipinski definition) is 5. The van der Waals surface area contributed by atoms with Gasteiger partial charge in [0.1, 0.15) is 35.1 Å². The van der Waals surface area contributed by atoms with E-state index in [0.29, 0.717) is 12.8 Å². The van der Waals surface area contributed by atoms with Crippen LogP contribution >= 0.6 is 0 Å². The number of amides is 1. The van der Waals surface area contributed by atoms with E-state index in [2.05, 4.69) is 5.32 Å². The van der Waals surface area contributed by atoms with Gasteiger partial charge in [-0.05, 0) is 31.6 Å². The first kappa shape index (κ1) is 24.3. The van der Waals surface area contributed by atoms with Crippen molar-refractivity contribution in [2.24, 2.45) is 5.92 Å². The van der Waals surface area contributed by atoms with Gasteiger partial charge in [-0.3, -0.25) is 10.1 Å². The Balaban J connectivity index is 1.94. The van der Waals surface area contributed by atoms with E-state index in [4.69, 9.17) is 5.26 Å². The molecule has 0 heterocycles. The lowest BCUT2D eigenvalue weighted by atomic mass is 10.0. The van der Waals surface area contributed by atoms with Gasteiger partial charge in [0.25, 0.3) is 0 Å². The number of halogens is 6. The minimum Gasteiger partial charge on any atom is -0.336 e. The summed E-state index contributed by atoms with van der Waals surface area (Å²) < 4.78 is 107. The molecule has 176 valence electrons. The second kappa shape index (κ2) is 8.55. The van der Waals surface area contributed by atoms with Crippen molar-refractivity contribution < 1.29 is 39.6 Å². The molecule has 2 aliphatic rings. The van der Waals surface area contributed by atoms with Crippen molar-refractivity contribution in [3.63, 3.8) is 0 Å². The molecule has 0 radical (unpaired) electrons. The fraction of sp³-hybridized carbons (Fsp3) is 0.579. The molecule has 13 heteroatoms. The lowest BCUT2D eigenvalue weighted by molar-refractivity contribution is -0.161. The van der Waals surface area contributed by atoms with E-state index in [0.717, 1.165) is 0 Å². The Morgan fingerprint density at radius 2 is 1.75 bits per heavy atom. The predicted octanol–water partition coefficient (Wildman–Crippen LogP) is 2.66. The van der Waals surface area contributed by atoms with Gasteiger partial charge in [0.2, 0.25) is 5.91 Å². The van der Waals surface area contributed by atoms with E-state index in [1.165, 1.54) is 0 Å².